The Morgan fingerprint density at radius 3 is 3.00 bits per heavy atom. The monoisotopic (exact) mass is 283 g/mol. The number of halogens is 1. The van der Waals surface area contributed by atoms with Crippen molar-refractivity contribution in [1.29, 1.82) is 0 Å². The number of nitrogens with one attached hydrogen (secondary N) is 1. The van der Waals surface area contributed by atoms with Crippen LogP contribution in [-0.4, -0.2) is 22.7 Å². The van der Waals surface area contributed by atoms with Crippen molar-refractivity contribution in [3.05, 3.63) is 59.4 Å². The Hall–Kier alpha value is -2.94. The van der Waals surface area contributed by atoms with Gasteiger partial charge in [0.15, 0.2) is 0 Å². The minimum absolute atomic E-state index is 0.197. The molecule has 3 rings (SSSR count). The van der Waals surface area contributed by atoms with E-state index in [1.54, 1.807) is 18.3 Å². The van der Waals surface area contributed by atoms with Gasteiger partial charge in [-0.1, -0.05) is 5.92 Å². The summed E-state index contributed by atoms with van der Waals surface area (Å²) in [6, 6.07) is 4.65. The highest BCUT2D eigenvalue weighted by atomic mass is 19.1. The van der Waals surface area contributed by atoms with Gasteiger partial charge in [0.2, 0.25) is 0 Å². The van der Waals surface area contributed by atoms with Crippen LogP contribution in [0.15, 0.2) is 36.8 Å². The zero-order valence-corrected chi connectivity index (χ0v) is 10.8. The van der Waals surface area contributed by atoms with Crippen LogP contribution < -0.4 is 5.32 Å². The Labute approximate surface area is 120 Å². The van der Waals surface area contributed by atoms with Crippen molar-refractivity contribution in [2.24, 2.45) is 0 Å². The lowest BCUT2D eigenvalue weighted by Crippen LogP contribution is -2.18. The maximum atomic E-state index is 13.0. The third kappa shape index (κ3) is 3.15. The molecule has 0 spiro atoms. The third-order valence-corrected chi connectivity index (χ3v) is 2.90. The Bertz CT molecular complexity index is 752. The molecule has 3 heterocycles. The number of carbonyl (C=O) groups excluding carboxylic acids is 1. The highest BCUT2D eigenvalue weighted by molar-refractivity contribution is 5.70. The van der Waals surface area contributed by atoms with Crippen LogP contribution in [0.2, 0.25) is 0 Å². The van der Waals surface area contributed by atoms with Crippen molar-refractivity contribution in [3.63, 3.8) is 0 Å². The van der Waals surface area contributed by atoms with E-state index in [1.807, 2.05) is 0 Å². The number of nitrogens with zero attached hydrogens (tertiary/aromatic N) is 2. The molecule has 104 valence electrons. The maximum Gasteiger partial charge on any atom is 0.407 e. The molecule has 6 heteroatoms. The number of rotatable bonds is 1. The van der Waals surface area contributed by atoms with Crippen molar-refractivity contribution in [2.75, 3.05) is 6.61 Å². The summed E-state index contributed by atoms with van der Waals surface area (Å²) in [5.74, 6) is 5.20. The highest BCUT2D eigenvalue weighted by Gasteiger charge is 2.23. The van der Waals surface area contributed by atoms with Crippen LogP contribution in [0.4, 0.5) is 9.18 Å². The van der Waals surface area contributed by atoms with Gasteiger partial charge < -0.3 is 10.1 Å². The number of cyclic esters (lactones) is 1. The van der Waals surface area contributed by atoms with E-state index in [0.717, 1.165) is 11.8 Å². The van der Waals surface area contributed by atoms with E-state index in [2.05, 4.69) is 27.1 Å². The lowest BCUT2D eigenvalue weighted by atomic mass is 10.1. The van der Waals surface area contributed by atoms with Crippen LogP contribution in [0, 0.1) is 17.7 Å². The number of hydrogen-bond donors (Lipinski definition) is 1. The highest BCUT2D eigenvalue weighted by Crippen LogP contribution is 2.17. The second-order valence-corrected chi connectivity index (χ2v) is 4.41. The van der Waals surface area contributed by atoms with E-state index in [1.165, 1.54) is 12.3 Å². The molecule has 1 aliphatic rings. The molecular formula is C15H10FN3O2. The summed E-state index contributed by atoms with van der Waals surface area (Å²) in [6.45, 7) is 0.281. The van der Waals surface area contributed by atoms with Crippen molar-refractivity contribution in [3.8, 4) is 11.8 Å². The van der Waals surface area contributed by atoms with Gasteiger partial charge in [0.1, 0.15) is 18.1 Å². The Morgan fingerprint density at radius 2 is 2.24 bits per heavy atom. The normalized spacial score (nSPS) is 16.6. The molecule has 1 fully saturated rings. The smallest absolute Gasteiger partial charge is 0.407 e. The van der Waals surface area contributed by atoms with Crippen molar-refractivity contribution < 1.29 is 13.9 Å². The molecule has 1 aliphatic heterocycles. The van der Waals surface area contributed by atoms with E-state index in [4.69, 9.17) is 4.74 Å². The largest absolute Gasteiger partial charge is 0.447 e. The molecule has 1 amide bonds. The van der Waals surface area contributed by atoms with Gasteiger partial charge in [-0.3, -0.25) is 4.98 Å². The average Bonchev–Trinajstić information content (AvgIpc) is 2.92. The molecule has 1 N–H and O–H groups in total. The molecule has 2 aromatic heterocycles. The first-order chi connectivity index (χ1) is 10.2. The lowest BCUT2D eigenvalue weighted by Gasteiger charge is -2.06. The number of ether oxygens (including phenoxy) is 1. The predicted molar refractivity (Wildman–Crippen MR) is 71.6 cm³/mol. The first kappa shape index (κ1) is 13.1. The quantitative estimate of drug-likeness (QED) is 0.810. The molecule has 5 nitrogen and oxygen atoms in total. The van der Waals surface area contributed by atoms with Crippen LogP contribution in [0.25, 0.3) is 0 Å². The average molecular weight is 283 g/mol. The molecule has 0 bridgehead atoms. The number of amides is 1. The Balaban J connectivity index is 1.82. The van der Waals surface area contributed by atoms with E-state index in [-0.39, 0.29) is 12.6 Å². The lowest BCUT2D eigenvalue weighted by molar-refractivity contribution is 0.177. The van der Waals surface area contributed by atoms with Gasteiger partial charge in [-0.15, -0.1) is 0 Å². The van der Waals surface area contributed by atoms with Crippen molar-refractivity contribution in [2.45, 2.75) is 6.04 Å². The van der Waals surface area contributed by atoms with Gasteiger partial charge >= 0.3 is 6.09 Å². The molecule has 1 unspecified atom stereocenters. The summed E-state index contributed by atoms with van der Waals surface area (Å²) in [5.41, 5.74) is 1.86. The fourth-order valence-corrected chi connectivity index (χ4v) is 1.91. The van der Waals surface area contributed by atoms with Crippen LogP contribution in [0.3, 0.4) is 0 Å². The molecule has 0 radical (unpaired) electrons. The standard InChI is InChI=1S/C15H10FN3O2/c16-12-5-10(7-17-8-12)1-2-13-6-11(3-4-18-13)14-9-21-15(20)19-14/h3-8,14H,9H2,(H,19,20). The Morgan fingerprint density at radius 1 is 1.33 bits per heavy atom. The number of pyridine rings is 2. The Kier molecular flexibility index (Phi) is 3.48. The molecule has 1 saturated heterocycles. The molecule has 1 atom stereocenters. The third-order valence-electron chi connectivity index (χ3n) is 2.90. The van der Waals surface area contributed by atoms with Gasteiger partial charge in [-0.25, -0.2) is 14.2 Å². The fourth-order valence-electron chi connectivity index (χ4n) is 1.91. The fraction of sp³-hybridized carbons (Fsp3) is 0.133. The molecular weight excluding hydrogens is 273 g/mol. The van der Waals surface area contributed by atoms with Crippen LogP contribution >= 0.6 is 0 Å². The predicted octanol–water partition coefficient (Wildman–Crippen LogP) is 1.80. The van der Waals surface area contributed by atoms with Gasteiger partial charge in [0.05, 0.1) is 12.2 Å². The summed E-state index contributed by atoms with van der Waals surface area (Å²) >= 11 is 0. The number of carbonyl (C=O) groups is 1. The summed E-state index contributed by atoms with van der Waals surface area (Å²) in [6.07, 6.45) is 3.76. The number of hydrogen-bond acceptors (Lipinski definition) is 4. The summed E-state index contributed by atoms with van der Waals surface area (Å²) in [4.78, 5) is 18.9. The van der Waals surface area contributed by atoms with Crippen molar-refractivity contribution in [1.82, 2.24) is 15.3 Å². The molecule has 2 aromatic rings. The second-order valence-electron chi connectivity index (χ2n) is 4.41. The summed E-state index contributed by atoms with van der Waals surface area (Å²) in [7, 11) is 0. The summed E-state index contributed by atoms with van der Waals surface area (Å²) < 4.78 is 17.8. The first-order valence-electron chi connectivity index (χ1n) is 6.22. The van der Waals surface area contributed by atoms with Gasteiger partial charge in [0, 0.05) is 18.0 Å². The SMILES string of the molecule is O=C1NC(c2ccnc(C#Cc3cncc(F)c3)c2)CO1. The van der Waals surface area contributed by atoms with Gasteiger partial charge in [-0.2, -0.15) is 0 Å². The first-order valence-corrected chi connectivity index (χ1v) is 6.22. The zero-order valence-electron chi connectivity index (χ0n) is 10.8. The van der Waals surface area contributed by atoms with Crippen LogP contribution in [-0.2, 0) is 4.74 Å². The van der Waals surface area contributed by atoms with Crippen LogP contribution in [0.1, 0.15) is 22.9 Å². The van der Waals surface area contributed by atoms with E-state index in [9.17, 15) is 9.18 Å². The van der Waals surface area contributed by atoms with Crippen molar-refractivity contribution >= 4 is 6.09 Å². The zero-order chi connectivity index (χ0) is 14.7. The maximum absolute atomic E-state index is 13.0. The summed E-state index contributed by atoms with van der Waals surface area (Å²) in [5, 5.41) is 2.68. The molecule has 0 aliphatic carbocycles. The minimum atomic E-state index is -0.436. The topological polar surface area (TPSA) is 64.1 Å². The van der Waals surface area contributed by atoms with E-state index >= 15 is 0 Å². The molecule has 0 aromatic carbocycles. The molecule has 21 heavy (non-hydrogen) atoms. The molecule has 0 saturated carbocycles. The second kappa shape index (κ2) is 5.59. The number of aromatic nitrogens is 2. The van der Waals surface area contributed by atoms with Crippen LogP contribution in [0.5, 0.6) is 0 Å². The van der Waals surface area contributed by atoms with E-state index < -0.39 is 11.9 Å². The van der Waals surface area contributed by atoms with Gasteiger partial charge in [0.25, 0.3) is 0 Å². The van der Waals surface area contributed by atoms with E-state index in [0.29, 0.717) is 11.3 Å². The number of alkyl carbamates (subject to hydrolysis) is 1. The van der Waals surface area contributed by atoms with Gasteiger partial charge in [-0.05, 0) is 29.7 Å². The minimum Gasteiger partial charge on any atom is -0.447 e.